The van der Waals surface area contributed by atoms with Gasteiger partial charge in [-0.1, -0.05) is 63.4 Å². The molecule has 0 aliphatic rings. The normalized spacial score (nSPS) is 10.5. The Morgan fingerprint density at radius 3 is 2.63 bits per heavy atom. The fourth-order valence-electron chi connectivity index (χ4n) is 1.99. The number of hydrogen-bond donors (Lipinski definition) is 0. The van der Waals surface area contributed by atoms with Crippen LogP contribution < -0.4 is 0 Å². The Kier molecular flexibility index (Phi) is 4.78. The van der Waals surface area contributed by atoms with Crippen molar-refractivity contribution in [1.82, 2.24) is 0 Å². The highest BCUT2D eigenvalue weighted by Crippen LogP contribution is 2.22. The average Bonchev–Trinajstić information content (AvgIpc) is 2.33. The number of carbonyl (C=O) groups is 1. The highest BCUT2D eigenvalue weighted by molar-refractivity contribution is 9.10. The summed E-state index contributed by atoms with van der Waals surface area (Å²) in [6.45, 7) is 2.03. The highest BCUT2D eigenvalue weighted by atomic mass is 79.9. The Morgan fingerprint density at radius 1 is 1.16 bits per heavy atom. The molecule has 0 N–H and O–H groups in total. The van der Waals surface area contributed by atoms with Gasteiger partial charge in [0.15, 0.2) is 0 Å². The van der Waals surface area contributed by atoms with Crippen molar-refractivity contribution in [2.45, 2.75) is 19.8 Å². The van der Waals surface area contributed by atoms with Gasteiger partial charge in [-0.2, -0.15) is 0 Å². The van der Waals surface area contributed by atoms with E-state index in [2.05, 4.69) is 15.9 Å². The van der Waals surface area contributed by atoms with Crippen LogP contribution in [0.25, 0.3) is 0 Å². The summed E-state index contributed by atoms with van der Waals surface area (Å²) >= 11 is 9.47. The van der Waals surface area contributed by atoms with Crippen LogP contribution >= 0.6 is 27.5 Å². The first-order valence-electron chi connectivity index (χ1n) is 6.06. The lowest BCUT2D eigenvalue weighted by molar-refractivity contribution is -0.117. The number of Topliss-reactive ketones (excluding diaryl/α,β-unsaturated/α-hetero) is 1. The number of carbonyl (C=O) groups excluding carboxylic acids is 1. The molecule has 0 saturated carbocycles. The van der Waals surface area contributed by atoms with Crippen molar-refractivity contribution >= 4 is 33.3 Å². The maximum Gasteiger partial charge on any atom is 0.141 e. The summed E-state index contributed by atoms with van der Waals surface area (Å²) in [6, 6.07) is 13.6. The average molecular weight is 338 g/mol. The Labute approximate surface area is 126 Å². The first-order valence-corrected chi connectivity index (χ1v) is 7.23. The number of ketones is 1. The molecule has 2 aromatic rings. The molecular formula is C16H14BrClO. The van der Waals surface area contributed by atoms with Crippen molar-refractivity contribution in [3.05, 3.63) is 68.7 Å². The minimum absolute atomic E-state index is 0.176. The van der Waals surface area contributed by atoms with Crippen LogP contribution in [0, 0.1) is 6.92 Å². The van der Waals surface area contributed by atoms with E-state index in [1.807, 2.05) is 49.4 Å². The summed E-state index contributed by atoms with van der Waals surface area (Å²) < 4.78 is 0.924. The fraction of sp³-hybridized carbons (Fsp3) is 0.188. The minimum Gasteiger partial charge on any atom is -0.299 e. The van der Waals surface area contributed by atoms with E-state index in [9.17, 15) is 4.79 Å². The van der Waals surface area contributed by atoms with Crippen LogP contribution in [0.1, 0.15) is 16.7 Å². The number of halogens is 2. The molecule has 0 spiro atoms. The molecule has 0 aromatic heterocycles. The summed E-state index contributed by atoms with van der Waals surface area (Å²) in [5.41, 5.74) is 3.10. The summed E-state index contributed by atoms with van der Waals surface area (Å²) in [4.78, 5) is 12.1. The standard InChI is InChI=1S/C16H14BrClO/c1-11-3-2-4-12(7-11)8-15(19)9-13-5-6-14(17)10-16(13)18/h2-7,10H,8-9H2,1H3. The molecule has 0 aliphatic carbocycles. The molecule has 0 atom stereocenters. The Balaban J connectivity index is 2.05. The molecule has 0 heterocycles. The maximum absolute atomic E-state index is 12.1. The minimum atomic E-state index is 0.176. The zero-order chi connectivity index (χ0) is 13.8. The molecule has 0 fully saturated rings. The zero-order valence-electron chi connectivity index (χ0n) is 10.6. The third kappa shape index (κ3) is 4.19. The van der Waals surface area contributed by atoms with E-state index in [4.69, 9.17) is 11.6 Å². The molecule has 0 unspecified atom stereocenters. The van der Waals surface area contributed by atoms with Gasteiger partial charge < -0.3 is 0 Å². The SMILES string of the molecule is Cc1cccc(CC(=O)Cc2ccc(Br)cc2Cl)c1. The lowest BCUT2D eigenvalue weighted by Gasteiger charge is -2.05. The predicted octanol–water partition coefficient (Wildman–Crippen LogP) is 4.77. The largest absolute Gasteiger partial charge is 0.299 e. The monoisotopic (exact) mass is 336 g/mol. The van der Waals surface area contributed by atoms with Crippen molar-refractivity contribution in [1.29, 1.82) is 0 Å². The maximum atomic E-state index is 12.1. The summed E-state index contributed by atoms with van der Waals surface area (Å²) in [7, 11) is 0. The molecule has 0 radical (unpaired) electrons. The second-order valence-electron chi connectivity index (χ2n) is 4.62. The number of hydrogen-bond acceptors (Lipinski definition) is 1. The van der Waals surface area contributed by atoms with Crippen molar-refractivity contribution in [3.8, 4) is 0 Å². The van der Waals surface area contributed by atoms with E-state index in [1.165, 1.54) is 5.56 Å². The molecule has 19 heavy (non-hydrogen) atoms. The topological polar surface area (TPSA) is 17.1 Å². The first kappa shape index (κ1) is 14.3. The van der Waals surface area contributed by atoms with Gasteiger partial charge >= 0.3 is 0 Å². The summed E-state index contributed by atoms with van der Waals surface area (Å²) in [5.74, 6) is 0.176. The van der Waals surface area contributed by atoms with E-state index in [-0.39, 0.29) is 5.78 Å². The van der Waals surface area contributed by atoms with Gasteiger partial charge in [0.1, 0.15) is 5.78 Å². The van der Waals surface area contributed by atoms with Crippen LogP contribution in [0.4, 0.5) is 0 Å². The zero-order valence-corrected chi connectivity index (χ0v) is 13.0. The van der Waals surface area contributed by atoms with E-state index in [1.54, 1.807) is 0 Å². The van der Waals surface area contributed by atoms with Crippen LogP contribution in [0.5, 0.6) is 0 Å². The molecule has 98 valence electrons. The van der Waals surface area contributed by atoms with Gasteiger partial charge in [-0.3, -0.25) is 4.79 Å². The Bertz CT molecular complexity index is 607. The van der Waals surface area contributed by atoms with Crippen LogP contribution in [-0.2, 0) is 17.6 Å². The fourth-order valence-corrected chi connectivity index (χ4v) is 2.73. The van der Waals surface area contributed by atoms with Gasteiger partial charge in [0.25, 0.3) is 0 Å². The smallest absolute Gasteiger partial charge is 0.141 e. The van der Waals surface area contributed by atoms with E-state index >= 15 is 0 Å². The van der Waals surface area contributed by atoms with Crippen LogP contribution in [0.15, 0.2) is 46.9 Å². The van der Waals surface area contributed by atoms with E-state index in [0.29, 0.717) is 17.9 Å². The van der Waals surface area contributed by atoms with Crippen LogP contribution in [0.2, 0.25) is 5.02 Å². The van der Waals surface area contributed by atoms with Gasteiger partial charge in [0.2, 0.25) is 0 Å². The highest BCUT2D eigenvalue weighted by Gasteiger charge is 2.08. The second kappa shape index (κ2) is 6.36. The van der Waals surface area contributed by atoms with E-state index in [0.717, 1.165) is 15.6 Å². The van der Waals surface area contributed by atoms with Gasteiger partial charge in [-0.05, 0) is 30.2 Å². The van der Waals surface area contributed by atoms with Crippen molar-refractivity contribution < 1.29 is 4.79 Å². The third-order valence-corrected chi connectivity index (χ3v) is 3.73. The molecule has 0 aliphatic heterocycles. The molecule has 2 aromatic carbocycles. The summed E-state index contributed by atoms with van der Waals surface area (Å²) in [6.07, 6.45) is 0.828. The van der Waals surface area contributed by atoms with Crippen molar-refractivity contribution in [3.63, 3.8) is 0 Å². The lowest BCUT2D eigenvalue weighted by atomic mass is 10.0. The quantitative estimate of drug-likeness (QED) is 0.785. The van der Waals surface area contributed by atoms with Gasteiger partial charge in [0, 0.05) is 22.3 Å². The molecule has 2 rings (SSSR count). The van der Waals surface area contributed by atoms with Crippen LogP contribution in [0.3, 0.4) is 0 Å². The second-order valence-corrected chi connectivity index (χ2v) is 5.94. The predicted molar refractivity (Wildman–Crippen MR) is 82.7 cm³/mol. The van der Waals surface area contributed by atoms with Crippen LogP contribution in [-0.4, -0.2) is 5.78 Å². The molecule has 0 amide bonds. The van der Waals surface area contributed by atoms with Crippen molar-refractivity contribution in [2.24, 2.45) is 0 Å². The van der Waals surface area contributed by atoms with Gasteiger partial charge in [0.05, 0.1) is 0 Å². The molecule has 0 bridgehead atoms. The molecule has 1 nitrogen and oxygen atoms in total. The Hall–Kier alpha value is -1.12. The first-order chi connectivity index (χ1) is 9.04. The van der Waals surface area contributed by atoms with Crippen molar-refractivity contribution in [2.75, 3.05) is 0 Å². The van der Waals surface area contributed by atoms with Gasteiger partial charge in [-0.15, -0.1) is 0 Å². The molecule has 0 saturated heterocycles. The number of aryl methyl sites for hydroxylation is 1. The molecule has 3 heteroatoms. The summed E-state index contributed by atoms with van der Waals surface area (Å²) in [5, 5.41) is 0.631. The lowest BCUT2D eigenvalue weighted by Crippen LogP contribution is -2.07. The third-order valence-electron chi connectivity index (χ3n) is 2.89. The van der Waals surface area contributed by atoms with Gasteiger partial charge in [-0.25, -0.2) is 0 Å². The number of benzene rings is 2. The molecular weight excluding hydrogens is 324 g/mol. The van der Waals surface area contributed by atoms with E-state index < -0.39 is 0 Å². The Morgan fingerprint density at radius 2 is 1.95 bits per heavy atom. The number of rotatable bonds is 4.